The third-order valence-electron chi connectivity index (χ3n) is 5.86. The Kier molecular flexibility index (Phi) is 11.4. The summed E-state index contributed by atoms with van der Waals surface area (Å²) in [6, 6.07) is 1.04. The number of hydrogen-bond donors (Lipinski definition) is 8. The first-order valence-electron chi connectivity index (χ1n) is 12.2. The molecule has 1 heterocycles. The first-order valence-corrected chi connectivity index (χ1v) is 12.2. The number of nitrogens with zero attached hydrogens (tertiary/aromatic N) is 1. The number of aliphatic carboxylic acids is 2. The van der Waals surface area contributed by atoms with Crippen molar-refractivity contribution in [3.05, 3.63) is 48.0 Å². The van der Waals surface area contributed by atoms with Crippen LogP contribution >= 0.6 is 0 Å². The fraction of sp³-hybridized carbons (Fsp3) is 0.440. The quantitative estimate of drug-likeness (QED) is 0.140. The number of benzene rings is 1. The maximum Gasteiger partial charge on any atom is 0.326 e. The van der Waals surface area contributed by atoms with E-state index in [1.807, 2.05) is 0 Å². The first kappa shape index (κ1) is 30.8. The number of imidazole rings is 1. The highest BCUT2D eigenvalue weighted by Crippen LogP contribution is 2.13. The minimum atomic E-state index is -1.30. The molecule has 0 saturated heterocycles. The lowest BCUT2D eigenvalue weighted by Gasteiger charge is -2.27. The lowest BCUT2D eigenvalue weighted by atomic mass is 10.00. The van der Waals surface area contributed by atoms with Gasteiger partial charge in [-0.15, -0.1) is 0 Å². The van der Waals surface area contributed by atoms with Crippen molar-refractivity contribution >= 4 is 29.7 Å². The molecule has 0 radical (unpaired) electrons. The lowest BCUT2D eigenvalue weighted by molar-refractivity contribution is -0.142. The highest BCUT2D eigenvalue weighted by molar-refractivity contribution is 5.94. The monoisotopic (exact) mass is 546 g/mol. The van der Waals surface area contributed by atoms with E-state index >= 15 is 0 Å². The molecule has 0 aliphatic rings. The van der Waals surface area contributed by atoms with E-state index in [1.54, 1.807) is 26.0 Å². The van der Waals surface area contributed by atoms with Gasteiger partial charge >= 0.3 is 11.9 Å². The van der Waals surface area contributed by atoms with Crippen molar-refractivity contribution in [3.8, 4) is 5.75 Å². The number of aromatic amines is 1. The molecule has 14 heteroatoms. The highest BCUT2D eigenvalue weighted by atomic mass is 16.4. The van der Waals surface area contributed by atoms with Crippen LogP contribution in [0.5, 0.6) is 5.75 Å². The largest absolute Gasteiger partial charge is 0.508 e. The number of hydrogen-bond acceptors (Lipinski definition) is 8. The van der Waals surface area contributed by atoms with Crippen LogP contribution in [-0.2, 0) is 36.8 Å². The third kappa shape index (κ3) is 10.1. The molecule has 0 saturated carbocycles. The van der Waals surface area contributed by atoms with E-state index < -0.39 is 59.7 Å². The summed E-state index contributed by atoms with van der Waals surface area (Å²) in [7, 11) is 0. The number of nitrogens with one attached hydrogen (secondary N) is 4. The van der Waals surface area contributed by atoms with Gasteiger partial charge in [-0.3, -0.25) is 19.2 Å². The third-order valence-corrected chi connectivity index (χ3v) is 5.86. The van der Waals surface area contributed by atoms with Gasteiger partial charge in [0, 0.05) is 31.2 Å². The Labute approximate surface area is 224 Å². The van der Waals surface area contributed by atoms with Crippen LogP contribution in [0.3, 0.4) is 0 Å². The number of carbonyl (C=O) groups is 5. The van der Waals surface area contributed by atoms with Gasteiger partial charge in [-0.2, -0.15) is 0 Å². The summed E-state index contributed by atoms with van der Waals surface area (Å²) in [4.78, 5) is 68.2. The van der Waals surface area contributed by atoms with E-state index in [-0.39, 0.29) is 31.4 Å². The normalized spacial score (nSPS) is 14.1. The van der Waals surface area contributed by atoms with Crippen LogP contribution in [0.1, 0.15) is 37.9 Å². The summed E-state index contributed by atoms with van der Waals surface area (Å²) in [6.45, 7) is 3.31. The molecule has 0 bridgehead atoms. The van der Waals surface area contributed by atoms with Crippen molar-refractivity contribution in [2.45, 2.75) is 63.7 Å². The number of rotatable bonds is 15. The molecule has 0 spiro atoms. The molecule has 0 aliphatic heterocycles. The Hall–Kier alpha value is -4.46. The number of carbonyl (C=O) groups excluding carboxylic acids is 3. The maximum absolute atomic E-state index is 13.3. The molecule has 39 heavy (non-hydrogen) atoms. The number of aromatic hydroxyl groups is 1. The van der Waals surface area contributed by atoms with Crippen LogP contribution in [0.2, 0.25) is 0 Å². The van der Waals surface area contributed by atoms with E-state index in [0.717, 1.165) is 0 Å². The van der Waals surface area contributed by atoms with Crippen molar-refractivity contribution in [1.82, 2.24) is 25.9 Å². The zero-order valence-electron chi connectivity index (χ0n) is 21.6. The Balaban J connectivity index is 2.19. The van der Waals surface area contributed by atoms with E-state index in [1.165, 1.54) is 24.7 Å². The van der Waals surface area contributed by atoms with Gasteiger partial charge < -0.3 is 42.0 Å². The van der Waals surface area contributed by atoms with Gasteiger partial charge in [0.15, 0.2) is 0 Å². The minimum Gasteiger partial charge on any atom is -0.508 e. The summed E-state index contributed by atoms with van der Waals surface area (Å²) in [6.07, 6.45) is 2.22. The Morgan fingerprint density at radius 3 is 2.10 bits per heavy atom. The number of H-pyrrole nitrogens is 1. The minimum absolute atomic E-state index is 0.000799. The van der Waals surface area contributed by atoms with Gasteiger partial charge in [0.1, 0.15) is 23.9 Å². The number of carboxylic acids is 2. The number of nitrogens with two attached hydrogens (primary N) is 1. The number of carboxylic acid groups (broad SMARTS) is 2. The molecular weight excluding hydrogens is 512 g/mol. The Morgan fingerprint density at radius 2 is 1.56 bits per heavy atom. The van der Waals surface area contributed by atoms with Crippen LogP contribution in [0.15, 0.2) is 36.8 Å². The second-order valence-corrected chi connectivity index (χ2v) is 9.38. The first-order chi connectivity index (χ1) is 18.4. The average molecular weight is 547 g/mol. The van der Waals surface area contributed by atoms with Crippen molar-refractivity contribution < 1.29 is 39.3 Å². The van der Waals surface area contributed by atoms with Crippen molar-refractivity contribution in [3.63, 3.8) is 0 Å². The average Bonchev–Trinajstić information content (AvgIpc) is 3.38. The summed E-state index contributed by atoms with van der Waals surface area (Å²) in [5.41, 5.74) is 6.86. The van der Waals surface area contributed by atoms with Gasteiger partial charge in [-0.1, -0.05) is 26.0 Å². The summed E-state index contributed by atoms with van der Waals surface area (Å²) in [5, 5.41) is 35.5. The predicted octanol–water partition coefficient (Wildman–Crippen LogP) is -0.712. The zero-order chi connectivity index (χ0) is 29.1. The zero-order valence-corrected chi connectivity index (χ0v) is 21.6. The van der Waals surface area contributed by atoms with Gasteiger partial charge in [0.2, 0.25) is 17.7 Å². The molecule has 0 fully saturated rings. The predicted molar refractivity (Wildman–Crippen MR) is 137 cm³/mol. The standard InChI is InChI=1S/C25H34N6O8/c1-13(2)21(24(37)30-19(25(38)39)10-15-11-27-12-28-15)31-23(36)18(9-14-3-5-16(32)6-4-14)29-22(35)17(26)7-8-20(33)34/h3-6,11-13,17-19,21,32H,7-10,26H2,1-2H3,(H,27,28)(H,29,35)(H,30,37)(H,31,36)(H,33,34)(H,38,39). The summed E-state index contributed by atoms with van der Waals surface area (Å²) < 4.78 is 0. The van der Waals surface area contributed by atoms with Crippen LogP contribution in [-0.4, -0.2) is 79.1 Å². The van der Waals surface area contributed by atoms with E-state index in [0.29, 0.717) is 11.3 Å². The van der Waals surface area contributed by atoms with Gasteiger partial charge in [-0.05, 0) is 30.0 Å². The number of aromatic nitrogens is 2. The van der Waals surface area contributed by atoms with E-state index in [2.05, 4.69) is 25.9 Å². The highest BCUT2D eigenvalue weighted by Gasteiger charge is 2.32. The number of phenolic OH excluding ortho intramolecular Hbond substituents is 1. The molecule has 4 atom stereocenters. The van der Waals surface area contributed by atoms with Crippen molar-refractivity contribution in [2.24, 2.45) is 11.7 Å². The fourth-order valence-electron chi connectivity index (χ4n) is 3.63. The molecule has 212 valence electrons. The topological polar surface area (TPSA) is 237 Å². The van der Waals surface area contributed by atoms with Crippen LogP contribution < -0.4 is 21.7 Å². The molecule has 1 aromatic carbocycles. The van der Waals surface area contributed by atoms with Crippen molar-refractivity contribution in [1.29, 1.82) is 0 Å². The molecule has 0 aliphatic carbocycles. The lowest BCUT2D eigenvalue weighted by Crippen LogP contribution is -2.59. The number of amides is 3. The van der Waals surface area contributed by atoms with Gasteiger partial charge in [0.05, 0.1) is 12.4 Å². The maximum atomic E-state index is 13.3. The molecule has 3 amide bonds. The fourth-order valence-corrected chi connectivity index (χ4v) is 3.63. The van der Waals surface area contributed by atoms with Crippen LogP contribution in [0.25, 0.3) is 0 Å². The van der Waals surface area contributed by atoms with Crippen LogP contribution in [0.4, 0.5) is 0 Å². The SMILES string of the molecule is CC(C)C(NC(=O)C(Cc1ccc(O)cc1)NC(=O)C(N)CCC(=O)O)C(=O)NC(Cc1cnc[nH]1)C(=O)O. The smallest absolute Gasteiger partial charge is 0.326 e. The molecule has 1 aromatic heterocycles. The molecule has 9 N–H and O–H groups in total. The second kappa shape index (κ2) is 14.5. The van der Waals surface area contributed by atoms with Crippen LogP contribution in [0, 0.1) is 5.92 Å². The molecule has 2 aromatic rings. The van der Waals surface area contributed by atoms with Crippen molar-refractivity contribution in [2.75, 3.05) is 0 Å². The molecular formula is C25H34N6O8. The number of phenols is 1. The molecule has 14 nitrogen and oxygen atoms in total. The van der Waals surface area contributed by atoms with Gasteiger partial charge in [-0.25, -0.2) is 9.78 Å². The Morgan fingerprint density at radius 1 is 0.923 bits per heavy atom. The van der Waals surface area contributed by atoms with E-state index in [4.69, 9.17) is 10.8 Å². The molecule has 2 rings (SSSR count). The van der Waals surface area contributed by atoms with E-state index in [9.17, 15) is 34.2 Å². The van der Waals surface area contributed by atoms with Gasteiger partial charge in [0.25, 0.3) is 0 Å². The Bertz CT molecular complexity index is 1140. The summed E-state index contributed by atoms with van der Waals surface area (Å²) >= 11 is 0. The second-order valence-electron chi connectivity index (χ2n) is 9.38. The summed E-state index contributed by atoms with van der Waals surface area (Å²) in [5.74, 6) is -5.10. The molecule has 4 unspecified atom stereocenters.